The third kappa shape index (κ3) is 5.70. The summed E-state index contributed by atoms with van der Waals surface area (Å²) in [5, 5.41) is 9.72. The van der Waals surface area contributed by atoms with Gasteiger partial charge in [-0.25, -0.2) is 5.10 Å². The number of anilines is 1. The van der Waals surface area contributed by atoms with Gasteiger partial charge in [0, 0.05) is 17.2 Å². The molecule has 0 radical (unpaired) electrons. The second-order valence-corrected chi connectivity index (χ2v) is 8.06. The summed E-state index contributed by atoms with van der Waals surface area (Å²) < 4.78 is 16.8. The molecule has 1 aromatic heterocycles. The van der Waals surface area contributed by atoms with Crippen molar-refractivity contribution in [3.63, 3.8) is 0 Å². The zero-order valence-electron chi connectivity index (χ0n) is 16.6. The SMILES string of the molecule is COc1ccc(CNc2c(OCCSc3ccccc3)n[nH]c(=O)c2Br)cc1OC. The lowest BCUT2D eigenvalue weighted by Gasteiger charge is -2.14. The molecule has 1 heterocycles. The minimum absolute atomic E-state index is 0.329. The molecule has 0 saturated carbocycles. The van der Waals surface area contributed by atoms with Crippen LogP contribution in [0.1, 0.15) is 5.56 Å². The molecule has 0 unspecified atom stereocenters. The van der Waals surface area contributed by atoms with E-state index in [0.29, 0.717) is 40.7 Å². The van der Waals surface area contributed by atoms with Gasteiger partial charge in [-0.2, -0.15) is 0 Å². The largest absolute Gasteiger partial charge is 0.493 e. The zero-order chi connectivity index (χ0) is 21.3. The maximum atomic E-state index is 12.0. The quantitative estimate of drug-likeness (QED) is 0.322. The van der Waals surface area contributed by atoms with Crippen LogP contribution in [0.15, 0.2) is 62.7 Å². The normalized spacial score (nSPS) is 10.5. The van der Waals surface area contributed by atoms with Crippen LogP contribution in [0, 0.1) is 0 Å². The Kier molecular flexibility index (Phi) is 8.04. The molecule has 2 N–H and O–H groups in total. The number of halogens is 1. The first-order valence-electron chi connectivity index (χ1n) is 9.16. The highest BCUT2D eigenvalue weighted by Gasteiger charge is 2.14. The number of methoxy groups -OCH3 is 2. The predicted molar refractivity (Wildman–Crippen MR) is 122 cm³/mol. The van der Waals surface area contributed by atoms with E-state index < -0.39 is 0 Å². The fraction of sp³-hybridized carbons (Fsp3) is 0.238. The van der Waals surface area contributed by atoms with E-state index in [4.69, 9.17) is 14.2 Å². The Hall–Kier alpha value is -2.65. The highest BCUT2D eigenvalue weighted by atomic mass is 79.9. The van der Waals surface area contributed by atoms with Crippen molar-refractivity contribution in [3.8, 4) is 17.4 Å². The van der Waals surface area contributed by atoms with Crippen molar-refractivity contribution in [2.75, 3.05) is 31.9 Å². The van der Waals surface area contributed by atoms with E-state index in [1.807, 2.05) is 36.4 Å². The molecule has 0 saturated heterocycles. The van der Waals surface area contributed by atoms with Crippen molar-refractivity contribution in [3.05, 3.63) is 68.9 Å². The number of thioether (sulfide) groups is 1. The van der Waals surface area contributed by atoms with Gasteiger partial charge in [-0.15, -0.1) is 16.9 Å². The molecule has 0 aliphatic rings. The Labute approximate surface area is 187 Å². The molecule has 0 aliphatic heterocycles. The van der Waals surface area contributed by atoms with E-state index in [9.17, 15) is 4.79 Å². The van der Waals surface area contributed by atoms with Crippen LogP contribution in [-0.2, 0) is 6.54 Å². The molecule has 2 aromatic carbocycles. The number of hydrogen-bond acceptors (Lipinski definition) is 7. The number of aromatic amines is 1. The topological polar surface area (TPSA) is 85.5 Å². The van der Waals surface area contributed by atoms with Gasteiger partial charge in [0.05, 0.1) is 20.8 Å². The van der Waals surface area contributed by atoms with Crippen LogP contribution >= 0.6 is 27.7 Å². The summed E-state index contributed by atoms with van der Waals surface area (Å²) in [5.41, 5.74) is 1.11. The van der Waals surface area contributed by atoms with Gasteiger partial charge in [-0.3, -0.25) is 4.79 Å². The average molecular weight is 492 g/mol. The summed E-state index contributed by atoms with van der Waals surface area (Å²) in [6.45, 7) is 0.884. The predicted octanol–water partition coefficient (Wildman–Crippen LogP) is 4.33. The van der Waals surface area contributed by atoms with Crippen molar-refractivity contribution in [1.29, 1.82) is 0 Å². The van der Waals surface area contributed by atoms with Crippen LogP contribution in [0.5, 0.6) is 17.4 Å². The molecule has 3 aromatic rings. The second kappa shape index (κ2) is 10.9. The molecule has 0 spiro atoms. The number of nitrogens with one attached hydrogen (secondary N) is 2. The number of H-pyrrole nitrogens is 1. The van der Waals surface area contributed by atoms with Gasteiger partial charge in [-0.05, 0) is 45.8 Å². The van der Waals surface area contributed by atoms with E-state index >= 15 is 0 Å². The highest BCUT2D eigenvalue weighted by molar-refractivity contribution is 9.10. The lowest BCUT2D eigenvalue weighted by molar-refractivity contribution is 0.327. The van der Waals surface area contributed by atoms with E-state index in [-0.39, 0.29) is 5.56 Å². The molecule has 9 heteroatoms. The maximum absolute atomic E-state index is 12.0. The molecule has 0 aliphatic carbocycles. The molecule has 0 fully saturated rings. The van der Waals surface area contributed by atoms with Crippen molar-refractivity contribution in [2.45, 2.75) is 11.4 Å². The summed E-state index contributed by atoms with van der Waals surface area (Å²) in [6, 6.07) is 15.7. The number of ether oxygens (including phenoxy) is 3. The lowest BCUT2D eigenvalue weighted by Crippen LogP contribution is -2.16. The van der Waals surface area contributed by atoms with Crippen molar-refractivity contribution >= 4 is 33.4 Å². The van der Waals surface area contributed by atoms with Crippen LogP contribution in [0.2, 0.25) is 0 Å². The van der Waals surface area contributed by atoms with Crippen molar-refractivity contribution < 1.29 is 14.2 Å². The van der Waals surface area contributed by atoms with Gasteiger partial charge in [0.1, 0.15) is 10.2 Å². The third-order valence-electron chi connectivity index (χ3n) is 4.14. The molecular formula is C21H22BrN3O4S. The van der Waals surface area contributed by atoms with Gasteiger partial charge in [-0.1, -0.05) is 24.3 Å². The van der Waals surface area contributed by atoms with E-state index in [0.717, 1.165) is 11.3 Å². The van der Waals surface area contributed by atoms with E-state index in [1.165, 1.54) is 4.90 Å². The molecule has 0 atom stereocenters. The average Bonchev–Trinajstić information content (AvgIpc) is 2.79. The van der Waals surface area contributed by atoms with Crippen molar-refractivity contribution in [1.82, 2.24) is 10.2 Å². The monoisotopic (exact) mass is 491 g/mol. The smallest absolute Gasteiger partial charge is 0.280 e. The first-order chi connectivity index (χ1) is 14.6. The van der Waals surface area contributed by atoms with Gasteiger partial charge in [0.15, 0.2) is 11.5 Å². The first kappa shape index (κ1) is 22.0. The molecular weight excluding hydrogens is 470 g/mol. The minimum atomic E-state index is -0.337. The summed E-state index contributed by atoms with van der Waals surface area (Å²) in [7, 11) is 3.18. The number of hydrogen-bond donors (Lipinski definition) is 2. The maximum Gasteiger partial charge on any atom is 0.280 e. The summed E-state index contributed by atoms with van der Waals surface area (Å²) >= 11 is 5.01. The Morgan fingerprint density at radius 2 is 1.87 bits per heavy atom. The Morgan fingerprint density at radius 3 is 2.60 bits per heavy atom. The lowest BCUT2D eigenvalue weighted by atomic mass is 10.2. The van der Waals surface area contributed by atoms with Crippen LogP contribution in [0.25, 0.3) is 0 Å². The Morgan fingerprint density at radius 1 is 1.10 bits per heavy atom. The third-order valence-corrected chi connectivity index (χ3v) is 5.88. The fourth-order valence-electron chi connectivity index (χ4n) is 2.67. The van der Waals surface area contributed by atoms with Gasteiger partial charge in [0.2, 0.25) is 0 Å². The zero-order valence-corrected chi connectivity index (χ0v) is 19.0. The Bertz CT molecular complexity index is 1030. The van der Waals surface area contributed by atoms with Gasteiger partial charge in [0.25, 0.3) is 11.4 Å². The molecule has 30 heavy (non-hydrogen) atoms. The fourth-order valence-corrected chi connectivity index (χ4v) is 3.82. The number of benzene rings is 2. The summed E-state index contributed by atoms with van der Waals surface area (Å²) in [4.78, 5) is 13.2. The van der Waals surface area contributed by atoms with E-state index in [2.05, 4.69) is 43.6 Å². The Balaban J connectivity index is 1.66. The number of rotatable bonds is 10. The number of nitrogens with zero attached hydrogens (tertiary/aromatic N) is 1. The minimum Gasteiger partial charge on any atom is -0.493 e. The standard InChI is InChI=1S/C21H22BrN3O4S/c1-27-16-9-8-14(12-17(16)28-2)13-23-19-18(22)20(26)24-25-21(19)29-10-11-30-15-6-4-3-5-7-15/h3-9,12H,10-11,13H2,1-2H3,(H2,23,24,26). The first-order valence-corrected chi connectivity index (χ1v) is 10.9. The van der Waals surface area contributed by atoms with Crippen LogP contribution in [-0.4, -0.2) is 36.8 Å². The molecule has 158 valence electrons. The summed E-state index contributed by atoms with van der Waals surface area (Å²) in [5.74, 6) is 2.36. The number of aromatic nitrogens is 2. The summed E-state index contributed by atoms with van der Waals surface area (Å²) in [6.07, 6.45) is 0. The second-order valence-electron chi connectivity index (χ2n) is 6.10. The molecule has 7 nitrogen and oxygen atoms in total. The van der Waals surface area contributed by atoms with Crippen LogP contribution in [0.3, 0.4) is 0 Å². The molecule has 0 amide bonds. The highest BCUT2D eigenvalue weighted by Crippen LogP contribution is 2.30. The van der Waals surface area contributed by atoms with Crippen LogP contribution in [0.4, 0.5) is 5.69 Å². The molecule has 0 bridgehead atoms. The van der Waals surface area contributed by atoms with Gasteiger partial charge >= 0.3 is 0 Å². The molecule has 3 rings (SSSR count). The van der Waals surface area contributed by atoms with E-state index in [1.54, 1.807) is 26.0 Å². The van der Waals surface area contributed by atoms with Gasteiger partial charge < -0.3 is 19.5 Å². The van der Waals surface area contributed by atoms with Crippen molar-refractivity contribution in [2.24, 2.45) is 0 Å². The van der Waals surface area contributed by atoms with Crippen LogP contribution < -0.4 is 25.1 Å².